The zero-order valence-electron chi connectivity index (χ0n) is 16.6. The number of carbonyl (C=O) groups excluding carboxylic acids is 2. The Kier molecular flexibility index (Phi) is 9.07. The smallest absolute Gasteiger partial charge is 0.338 e. The molecule has 0 aliphatic rings. The molecule has 7 nitrogen and oxygen atoms in total. The fourth-order valence-electron chi connectivity index (χ4n) is 2.52. The van der Waals surface area contributed by atoms with Gasteiger partial charge in [0, 0.05) is 11.8 Å². The van der Waals surface area contributed by atoms with Crippen molar-refractivity contribution in [2.45, 2.75) is 13.8 Å². The topological polar surface area (TPSA) is 85.0 Å². The number of likely N-dealkylation sites (N-methyl/N-ethyl adjacent to an activating group) is 1. The molecule has 1 aromatic carbocycles. The van der Waals surface area contributed by atoms with Crippen molar-refractivity contribution in [3.63, 3.8) is 0 Å². The highest BCUT2D eigenvalue weighted by molar-refractivity contribution is 7.80. The van der Waals surface area contributed by atoms with Gasteiger partial charge in [0.25, 0.3) is 0 Å². The summed E-state index contributed by atoms with van der Waals surface area (Å²) >= 11 is 5.12. The fourth-order valence-corrected chi connectivity index (χ4v) is 2.74. The molecule has 0 saturated carbocycles. The monoisotopic (exact) mass is 416 g/mol. The van der Waals surface area contributed by atoms with Crippen molar-refractivity contribution in [2.75, 3.05) is 31.6 Å². The van der Waals surface area contributed by atoms with Crippen LogP contribution in [0.4, 0.5) is 5.69 Å². The highest BCUT2D eigenvalue weighted by Gasteiger charge is 2.10. The number of thiocarbonyl (C=S) groups is 1. The Morgan fingerprint density at radius 2 is 1.90 bits per heavy atom. The number of ether oxygens (including phenoxy) is 1. The van der Waals surface area contributed by atoms with E-state index >= 15 is 0 Å². The van der Waals surface area contributed by atoms with E-state index in [4.69, 9.17) is 21.4 Å². The standard InChI is InChI=1S/C21H25N3O4S/c1-3-24(4-2)13-15-28-20(26)16-7-9-17(10-8-16)22-21(29)23-19(25)12-11-18-6-5-14-27-18/h5-12,14H,3-4,13,15H2,1-2H3,(H2,22,23,25,29)/p+1/b12-11+. The van der Waals surface area contributed by atoms with E-state index in [0.717, 1.165) is 19.6 Å². The van der Waals surface area contributed by atoms with Crippen molar-refractivity contribution in [3.8, 4) is 0 Å². The van der Waals surface area contributed by atoms with E-state index in [0.29, 0.717) is 23.6 Å². The zero-order chi connectivity index (χ0) is 21.1. The molecule has 0 bridgehead atoms. The Morgan fingerprint density at radius 3 is 2.52 bits per heavy atom. The SMILES string of the molecule is CC[NH+](CC)CCOC(=O)c1ccc(NC(=S)NC(=O)/C=C/c2ccco2)cc1. The van der Waals surface area contributed by atoms with Crippen LogP contribution in [-0.2, 0) is 9.53 Å². The van der Waals surface area contributed by atoms with Crippen LogP contribution in [0.15, 0.2) is 53.2 Å². The van der Waals surface area contributed by atoms with E-state index in [1.54, 1.807) is 42.5 Å². The van der Waals surface area contributed by atoms with E-state index in [2.05, 4.69) is 24.5 Å². The van der Waals surface area contributed by atoms with Gasteiger partial charge in [0.2, 0.25) is 5.91 Å². The third kappa shape index (κ3) is 7.89. The fraction of sp³-hybridized carbons (Fsp3) is 0.286. The van der Waals surface area contributed by atoms with E-state index in [-0.39, 0.29) is 17.0 Å². The second-order valence-corrected chi connectivity index (χ2v) is 6.62. The van der Waals surface area contributed by atoms with Crippen molar-refractivity contribution in [3.05, 3.63) is 60.1 Å². The summed E-state index contributed by atoms with van der Waals surface area (Å²) in [4.78, 5) is 25.3. The zero-order valence-corrected chi connectivity index (χ0v) is 17.4. The number of benzene rings is 1. The largest absolute Gasteiger partial charge is 0.465 e. The van der Waals surface area contributed by atoms with Gasteiger partial charge >= 0.3 is 5.97 Å². The lowest BCUT2D eigenvalue weighted by Crippen LogP contribution is -3.11. The van der Waals surface area contributed by atoms with Gasteiger partial charge in [-0.15, -0.1) is 0 Å². The summed E-state index contributed by atoms with van der Waals surface area (Å²) in [5.74, 6) is -0.170. The molecule has 0 fully saturated rings. The highest BCUT2D eigenvalue weighted by Crippen LogP contribution is 2.10. The van der Waals surface area contributed by atoms with Crippen molar-refractivity contribution < 1.29 is 23.6 Å². The van der Waals surface area contributed by atoms with Gasteiger partial charge in [-0.05, 0) is 68.5 Å². The molecule has 0 aliphatic heterocycles. The predicted octanol–water partition coefficient (Wildman–Crippen LogP) is 1.89. The molecule has 1 aromatic heterocycles. The molecule has 3 N–H and O–H groups in total. The number of quaternary nitrogens is 1. The second kappa shape index (κ2) is 11.8. The summed E-state index contributed by atoms with van der Waals surface area (Å²) in [7, 11) is 0. The van der Waals surface area contributed by atoms with Crippen molar-refractivity contribution in [2.24, 2.45) is 0 Å². The lowest BCUT2D eigenvalue weighted by atomic mass is 10.2. The van der Waals surface area contributed by atoms with E-state index in [1.807, 2.05) is 0 Å². The maximum absolute atomic E-state index is 12.1. The number of hydrogen-bond donors (Lipinski definition) is 3. The number of esters is 1. The minimum atomic E-state index is -0.380. The van der Waals surface area contributed by atoms with Crippen LogP contribution < -0.4 is 15.5 Å². The van der Waals surface area contributed by atoms with Crippen LogP contribution in [-0.4, -0.2) is 43.2 Å². The molecule has 29 heavy (non-hydrogen) atoms. The van der Waals surface area contributed by atoms with Gasteiger partial charge in [-0.1, -0.05) is 0 Å². The molecule has 0 unspecified atom stereocenters. The predicted molar refractivity (Wildman–Crippen MR) is 116 cm³/mol. The van der Waals surface area contributed by atoms with E-state index < -0.39 is 0 Å². The van der Waals surface area contributed by atoms with Gasteiger partial charge in [-0.3, -0.25) is 10.1 Å². The van der Waals surface area contributed by atoms with Gasteiger partial charge < -0.3 is 19.4 Å². The maximum Gasteiger partial charge on any atom is 0.338 e. The van der Waals surface area contributed by atoms with E-state index in [9.17, 15) is 9.59 Å². The summed E-state index contributed by atoms with van der Waals surface area (Å²) in [6, 6.07) is 10.2. The molecule has 1 heterocycles. The van der Waals surface area contributed by atoms with Gasteiger partial charge in [0.1, 0.15) is 18.9 Å². The van der Waals surface area contributed by atoms with Gasteiger partial charge in [0.15, 0.2) is 5.11 Å². The first-order valence-electron chi connectivity index (χ1n) is 9.46. The number of carbonyl (C=O) groups is 2. The van der Waals surface area contributed by atoms with Crippen molar-refractivity contribution in [1.29, 1.82) is 0 Å². The summed E-state index contributed by atoms with van der Waals surface area (Å²) in [6.45, 7) is 7.40. The third-order valence-electron chi connectivity index (χ3n) is 4.25. The minimum absolute atomic E-state index is 0.150. The Hall–Kier alpha value is -2.97. The van der Waals surface area contributed by atoms with Crippen LogP contribution in [0.1, 0.15) is 30.0 Å². The van der Waals surface area contributed by atoms with Gasteiger partial charge in [-0.2, -0.15) is 0 Å². The Balaban J connectivity index is 1.78. The molecule has 154 valence electrons. The Labute approximate surface area is 175 Å². The normalized spacial score (nSPS) is 10.9. The van der Waals surface area contributed by atoms with Crippen molar-refractivity contribution in [1.82, 2.24) is 5.32 Å². The molecule has 0 saturated heterocycles. The highest BCUT2D eigenvalue weighted by atomic mass is 32.1. The lowest BCUT2D eigenvalue weighted by Gasteiger charge is -2.15. The Bertz CT molecular complexity index is 828. The number of amides is 1. The van der Waals surface area contributed by atoms with Crippen LogP contribution in [0.3, 0.4) is 0 Å². The van der Waals surface area contributed by atoms with Crippen LogP contribution in [0.25, 0.3) is 6.08 Å². The summed E-state index contributed by atoms with van der Waals surface area (Å²) in [5, 5.41) is 5.58. The third-order valence-corrected chi connectivity index (χ3v) is 4.45. The molecular weight excluding hydrogens is 390 g/mol. The average Bonchev–Trinajstić information content (AvgIpc) is 3.23. The summed E-state index contributed by atoms with van der Waals surface area (Å²) in [6.07, 6.45) is 4.39. The summed E-state index contributed by atoms with van der Waals surface area (Å²) < 4.78 is 10.4. The van der Waals surface area contributed by atoms with E-state index in [1.165, 1.54) is 17.2 Å². The van der Waals surface area contributed by atoms with Crippen molar-refractivity contribution >= 4 is 41.0 Å². The number of furan rings is 1. The molecule has 1 amide bonds. The maximum atomic E-state index is 12.1. The Morgan fingerprint density at radius 1 is 1.17 bits per heavy atom. The number of nitrogens with one attached hydrogen (secondary N) is 3. The number of hydrogen-bond acceptors (Lipinski definition) is 5. The molecule has 2 rings (SSSR count). The quantitative estimate of drug-likeness (QED) is 0.329. The first-order valence-corrected chi connectivity index (χ1v) is 9.87. The second-order valence-electron chi connectivity index (χ2n) is 6.21. The molecule has 0 aliphatic carbocycles. The number of rotatable bonds is 9. The first-order chi connectivity index (χ1) is 14.0. The molecule has 8 heteroatoms. The van der Waals surface area contributed by atoms with Crippen LogP contribution in [0, 0.1) is 0 Å². The molecule has 0 atom stereocenters. The first kappa shape index (κ1) is 22.3. The summed E-state index contributed by atoms with van der Waals surface area (Å²) in [5.41, 5.74) is 1.11. The van der Waals surface area contributed by atoms with Gasteiger partial charge in [-0.25, -0.2) is 4.79 Å². The van der Waals surface area contributed by atoms with Crippen LogP contribution >= 0.6 is 12.2 Å². The molecular formula is C21H26N3O4S+. The number of anilines is 1. The molecule has 0 radical (unpaired) electrons. The minimum Gasteiger partial charge on any atom is -0.465 e. The van der Waals surface area contributed by atoms with Crippen LogP contribution in [0.5, 0.6) is 0 Å². The van der Waals surface area contributed by atoms with Gasteiger partial charge in [0.05, 0.1) is 24.9 Å². The molecule has 0 spiro atoms. The molecule has 2 aromatic rings. The average molecular weight is 417 g/mol. The van der Waals surface area contributed by atoms with Crippen LogP contribution in [0.2, 0.25) is 0 Å². The lowest BCUT2D eigenvalue weighted by molar-refractivity contribution is -0.896.